The first kappa shape index (κ1) is 17.5. The molecule has 8 nitrogen and oxygen atoms in total. The van der Waals surface area contributed by atoms with Gasteiger partial charge in [-0.2, -0.15) is 0 Å². The first-order valence-corrected chi connectivity index (χ1v) is 6.88. The van der Waals surface area contributed by atoms with Crippen molar-refractivity contribution in [2.45, 2.75) is 46.3 Å². The van der Waals surface area contributed by atoms with Gasteiger partial charge in [0.1, 0.15) is 6.61 Å². The summed E-state index contributed by atoms with van der Waals surface area (Å²) in [6.07, 6.45) is 0.642. The van der Waals surface area contributed by atoms with Gasteiger partial charge in [0, 0.05) is 7.11 Å². The van der Waals surface area contributed by atoms with E-state index in [1.54, 1.807) is 11.8 Å². The molecule has 1 unspecified atom stereocenters. The van der Waals surface area contributed by atoms with Crippen LogP contribution < -0.4 is 0 Å². The van der Waals surface area contributed by atoms with Crippen LogP contribution in [0.3, 0.4) is 0 Å². The number of rotatable bonds is 9. The standard InChI is InChI=1S/C13H24N4O4/c1-13(2,3)8-10(7-12(18)19)17-11(14-15-16-17)9-21-6-5-20-4/h10H,5-9H2,1-4H3,(H,18,19). The van der Waals surface area contributed by atoms with Crippen LogP contribution in [0.2, 0.25) is 0 Å². The molecule has 0 aliphatic rings. The molecule has 0 bridgehead atoms. The fourth-order valence-electron chi connectivity index (χ4n) is 2.05. The average molecular weight is 300 g/mol. The van der Waals surface area contributed by atoms with E-state index in [1.165, 1.54) is 0 Å². The quantitative estimate of drug-likeness (QED) is 0.686. The second-order valence-corrected chi connectivity index (χ2v) is 6.10. The Kier molecular flexibility index (Phi) is 6.70. The van der Waals surface area contributed by atoms with Crippen molar-refractivity contribution in [2.75, 3.05) is 20.3 Å². The van der Waals surface area contributed by atoms with Gasteiger partial charge in [-0.3, -0.25) is 4.79 Å². The fourth-order valence-corrected chi connectivity index (χ4v) is 2.05. The third kappa shape index (κ3) is 6.63. The first-order valence-electron chi connectivity index (χ1n) is 6.88. The monoisotopic (exact) mass is 300 g/mol. The van der Waals surface area contributed by atoms with Gasteiger partial charge in [-0.1, -0.05) is 20.8 Å². The van der Waals surface area contributed by atoms with Crippen LogP contribution in [0, 0.1) is 5.41 Å². The summed E-state index contributed by atoms with van der Waals surface area (Å²) in [5.74, 6) is -0.340. The van der Waals surface area contributed by atoms with Crippen LogP contribution >= 0.6 is 0 Å². The van der Waals surface area contributed by atoms with Crippen molar-refractivity contribution in [1.29, 1.82) is 0 Å². The normalized spacial score (nSPS) is 13.3. The van der Waals surface area contributed by atoms with Gasteiger partial charge in [-0.05, 0) is 22.3 Å². The van der Waals surface area contributed by atoms with Crippen molar-refractivity contribution < 1.29 is 19.4 Å². The van der Waals surface area contributed by atoms with Gasteiger partial charge in [0.15, 0.2) is 5.82 Å². The van der Waals surface area contributed by atoms with E-state index in [-0.39, 0.29) is 24.5 Å². The van der Waals surface area contributed by atoms with Crippen molar-refractivity contribution in [2.24, 2.45) is 5.41 Å². The van der Waals surface area contributed by atoms with E-state index in [1.807, 2.05) is 0 Å². The highest BCUT2D eigenvalue weighted by molar-refractivity contribution is 5.67. The Hall–Kier alpha value is -1.54. The molecule has 0 aromatic carbocycles. The second-order valence-electron chi connectivity index (χ2n) is 6.10. The minimum absolute atomic E-state index is 0.0205. The number of hydrogen-bond donors (Lipinski definition) is 1. The topological polar surface area (TPSA) is 99.4 Å². The zero-order valence-electron chi connectivity index (χ0n) is 13.1. The van der Waals surface area contributed by atoms with E-state index in [4.69, 9.17) is 14.6 Å². The van der Waals surface area contributed by atoms with Crippen LogP contribution in [0.4, 0.5) is 0 Å². The number of nitrogens with zero attached hydrogens (tertiary/aromatic N) is 4. The van der Waals surface area contributed by atoms with E-state index >= 15 is 0 Å². The number of carbonyl (C=O) groups is 1. The largest absolute Gasteiger partial charge is 0.481 e. The maximum absolute atomic E-state index is 11.1. The van der Waals surface area contributed by atoms with E-state index in [9.17, 15) is 4.79 Å². The number of ether oxygens (including phenoxy) is 2. The molecule has 1 atom stereocenters. The van der Waals surface area contributed by atoms with E-state index in [0.29, 0.717) is 25.5 Å². The predicted octanol–water partition coefficient (Wildman–Crippen LogP) is 1.29. The number of carboxylic acid groups (broad SMARTS) is 1. The van der Waals surface area contributed by atoms with Crippen molar-refractivity contribution >= 4 is 5.97 Å². The van der Waals surface area contributed by atoms with Gasteiger partial charge >= 0.3 is 5.97 Å². The summed E-state index contributed by atoms with van der Waals surface area (Å²) in [7, 11) is 1.60. The molecule has 0 spiro atoms. The molecule has 0 saturated heterocycles. The molecule has 0 aliphatic heterocycles. The smallest absolute Gasteiger partial charge is 0.305 e. The molecular weight excluding hydrogens is 276 g/mol. The van der Waals surface area contributed by atoms with E-state index in [2.05, 4.69) is 36.3 Å². The summed E-state index contributed by atoms with van der Waals surface area (Å²) in [5, 5.41) is 20.6. The van der Waals surface area contributed by atoms with Gasteiger partial charge in [0.25, 0.3) is 0 Å². The molecule has 0 aliphatic carbocycles. The Labute approximate surface area is 124 Å². The van der Waals surface area contributed by atoms with Crippen LogP contribution in [-0.4, -0.2) is 51.6 Å². The summed E-state index contributed by atoms with van der Waals surface area (Å²) in [4.78, 5) is 11.1. The summed E-state index contributed by atoms with van der Waals surface area (Å²) >= 11 is 0. The Morgan fingerprint density at radius 3 is 2.67 bits per heavy atom. The highest BCUT2D eigenvalue weighted by Crippen LogP contribution is 2.29. The van der Waals surface area contributed by atoms with Gasteiger partial charge in [0.05, 0.1) is 25.7 Å². The maximum atomic E-state index is 11.1. The second kappa shape index (κ2) is 8.04. The molecule has 0 fully saturated rings. The van der Waals surface area contributed by atoms with Crippen molar-refractivity contribution in [3.05, 3.63) is 5.82 Å². The zero-order valence-corrected chi connectivity index (χ0v) is 13.1. The third-order valence-electron chi connectivity index (χ3n) is 2.83. The lowest BCUT2D eigenvalue weighted by molar-refractivity contribution is -0.138. The summed E-state index contributed by atoms with van der Waals surface area (Å²) in [5.41, 5.74) is -0.0275. The molecule has 1 aromatic heterocycles. The molecule has 21 heavy (non-hydrogen) atoms. The number of tetrazole rings is 1. The van der Waals surface area contributed by atoms with Crippen LogP contribution in [0.25, 0.3) is 0 Å². The number of aromatic nitrogens is 4. The highest BCUT2D eigenvalue weighted by atomic mass is 16.5. The lowest BCUT2D eigenvalue weighted by Crippen LogP contribution is -2.23. The summed E-state index contributed by atoms with van der Waals surface area (Å²) < 4.78 is 11.9. The molecular formula is C13H24N4O4. The minimum atomic E-state index is -0.869. The van der Waals surface area contributed by atoms with Crippen LogP contribution in [0.1, 0.15) is 45.5 Å². The van der Waals surface area contributed by atoms with Gasteiger partial charge < -0.3 is 14.6 Å². The lowest BCUT2D eigenvalue weighted by atomic mass is 9.87. The number of methoxy groups -OCH3 is 1. The molecule has 1 N–H and O–H groups in total. The number of hydrogen-bond acceptors (Lipinski definition) is 6. The van der Waals surface area contributed by atoms with Crippen molar-refractivity contribution in [3.8, 4) is 0 Å². The SMILES string of the molecule is COCCOCc1nnnn1C(CC(=O)O)CC(C)(C)C. The van der Waals surface area contributed by atoms with Crippen LogP contribution in [0.5, 0.6) is 0 Å². The molecule has 1 aromatic rings. The number of carboxylic acids is 1. The fraction of sp³-hybridized carbons (Fsp3) is 0.846. The van der Waals surface area contributed by atoms with Gasteiger partial charge in [0.2, 0.25) is 0 Å². The predicted molar refractivity (Wildman–Crippen MR) is 74.7 cm³/mol. The van der Waals surface area contributed by atoms with Gasteiger partial charge in [-0.25, -0.2) is 4.68 Å². The summed E-state index contributed by atoms with van der Waals surface area (Å²) in [6, 6.07) is -0.293. The molecule has 0 saturated carbocycles. The van der Waals surface area contributed by atoms with Gasteiger partial charge in [-0.15, -0.1) is 5.10 Å². The van der Waals surface area contributed by atoms with Crippen LogP contribution in [-0.2, 0) is 20.9 Å². The number of aliphatic carboxylic acids is 1. The molecule has 0 radical (unpaired) electrons. The lowest BCUT2D eigenvalue weighted by Gasteiger charge is -2.25. The summed E-state index contributed by atoms with van der Waals surface area (Å²) in [6.45, 7) is 7.33. The van der Waals surface area contributed by atoms with E-state index < -0.39 is 5.97 Å². The molecule has 120 valence electrons. The van der Waals surface area contributed by atoms with E-state index in [0.717, 1.165) is 0 Å². The molecule has 1 rings (SSSR count). The van der Waals surface area contributed by atoms with Crippen LogP contribution in [0.15, 0.2) is 0 Å². The molecule has 1 heterocycles. The van der Waals surface area contributed by atoms with Crippen molar-refractivity contribution in [1.82, 2.24) is 20.2 Å². The Morgan fingerprint density at radius 2 is 2.10 bits per heavy atom. The zero-order chi connectivity index (χ0) is 15.9. The highest BCUT2D eigenvalue weighted by Gasteiger charge is 2.25. The van der Waals surface area contributed by atoms with Crippen molar-refractivity contribution in [3.63, 3.8) is 0 Å². The maximum Gasteiger partial charge on any atom is 0.305 e. The third-order valence-corrected chi connectivity index (χ3v) is 2.83. The molecule has 8 heteroatoms. The Balaban J connectivity index is 2.77. The Bertz CT molecular complexity index is 442. The first-order chi connectivity index (χ1) is 9.83. The minimum Gasteiger partial charge on any atom is -0.481 e. The molecule has 0 amide bonds. The average Bonchev–Trinajstić information content (AvgIpc) is 2.80. The Morgan fingerprint density at radius 1 is 1.38 bits per heavy atom.